The number of hydrogen-bond acceptors (Lipinski definition) is 3. The van der Waals surface area contributed by atoms with Crippen LogP contribution in [-0.2, 0) is 6.42 Å². The standard InChI is InChI=1S/C15H11BrO2S/c1-2-10-14(9-5-3-4-6-11(9)18-10)15(17)12-7-8-13(16)19-12/h3-8H,2H2,1H3. The second-order valence-corrected chi connectivity index (χ2v) is 6.65. The van der Waals surface area contributed by atoms with Crippen LogP contribution in [0.15, 0.2) is 44.6 Å². The minimum Gasteiger partial charge on any atom is -0.460 e. The molecule has 0 fully saturated rings. The smallest absolute Gasteiger partial charge is 0.207 e. The first-order chi connectivity index (χ1) is 9.20. The van der Waals surface area contributed by atoms with Gasteiger partial charge in [-0.3, -0.25) is 4.79 Å². The van der Waals surface area contributed by atoms with Crippen molar-refractivity contribution >= 4 is 44.0 Å². The number of rotatable bonds is 3. The lowest BCUT2D eigenvalue weighted by Crippen LogP contribution is -2.00. The molecule has 2 nitrogen and oxygen atoms in total. The summed E-state index contributed by atoms with van der Waals surface area (Å²) in [6.07, 6.45) is 0.711. The summed E-state index contributed by atoms with van der Waals surface area (Å²) in [5.41, 5.74) is 1.48. The second kappa shape index (κ2) is 4.94. The number of thiophene rings is 1. The third-order valence-corrected chi connectivity index (χ3v) is 4.64. The number of para-hydroxylation sites is 1. The summed E-state index contributed by atoms with van der Waals surface area (Å²) in [5.74, 6) is 0.799. The molecule has 0 bridgehead atoms. The van der Waals surface area contributed by atoms with Gasteiger partial charge in [-0.1, -0.05) is 25.1 Å². The summed E-state index contributed by atoms with van der Waals surface area (Å²) in [7, 11) is 0. The predicted octanol–water partition coefficient (Wildman–Crippen LogP) is 5.05. The number of carbonyl (C=O) groups excluding carboxylic acids is 1. The van der Waals surface area contributed by atoms with Gasteiger partial charge in [0, 0.05) is 11.8 Å². The average molecular weight is 335 g/mol. The Morgan fingerprint density at radius 1 is 1.26 bits per heavy atom. The largest absolute Gasteiger partial charge is 0.460 e. The first-order valence-corrected chi connectivity index (χ1v) is 7.62. The molecule has 2 aromatic heterocycles. The number of fused-ring (bicyclic) bond motifs is 1. The molecule has 2 heterocycles. The Morgan fingerprint density at radius 3 is 2.74 bits per heavy atom. The molecule has 3 aromatic rings. The molecule has 0 aliphatic rings. The predicted molar refractivity (Wildman–Crippen MR) is 81.0 cm³/mol. The average Bonchev–Trinajstić information content (AvgIpc) is 3.01. The summed E-state index contributed by atoms with van der Waals surface area (Å²) >= 11 is 4.84. The van der Waals surface area contributed by atoms with Gasteiger partial charge in [-0.2, -0.15) is 0 Å². The third kappa shape index (κ3) is 2.15. The zero-order valence-corrected chi connectivity index (χ0v) is 12.7. The van der Waals surface area contributed by atoms with Crippen molar-refractivity contribution in [2.75, 3.05) is 0 Å². The molecular weight excluding hydrogens is 324 g/mol. The van der Waals surface area contributed by atoms with Gasteiger partial charge in [-0.25, -0.2) is 0 Å². The minimum absolute atomic E-state index is 0.0394. The molecule has 0 saturated carbocycles. The zero-order valence-electron chi connectivity index (χ0n) is 10.3. The molecule has 0 aliphatic carbocycles. The van der Waals surface area contributed by atoms with E-state index in [9.17, 15) is 4.79 Å². The van der Waals surface area contributed by atoms with Crippen molar-refractivity contribution in [1.82, 2.24) is 0 Å². The number of carbonyl (C=O) groups is 1. The molecule has 0 saturated heterocycles. The van der Waals surface area contributed by atoms with Gasteiger partial charge in [0.05, 0.1) is 14.2 Å². The Kier molecular flexibility index (Phi) is 3.29. The second-order valence-electron chi connectivity index (χ2n) is 4.18. The van der Waals surface area contributed by atoms with Crippen LogP contribution in [0.5, 0.6) is 0 Å². The van der Waals surface area contributed by atoms with Crippen molar-refractivity contribution in [3.05, 3.63) is 56.4 Å². The third-order valence-electron chi connectivity index (χ3n) is 3.01. The van der Waals surface area contributed by atoms with Gasteiger partial charge in [0.15, 0.2) is 0 Å². The van der Waals surface area contributed by atoms with Crippen LogP contribution in [0.4, 0.5) is 0 Å². The number of ketones is 1. The van der Waals surface area contributed by atoms with Crippen LogP contribution < -0.4 is 0 Å². The van der Waals surface area contributed by atoms with Gasteiger partial charge in [-0.05, 0) is 34.1 Å². The van der Waals surface area contributed by atoms with E-state index in [1.54, 1.807) is 0 Å². The molecule has 0 N–H and O–H groups in total. The zero-order chi connectivity index (χ0) is 13.4. The van der Waals surface area contributed by atoms with Crippen LogP contribution >= 0.6 is 27.3 Å². The Labute approximate surface area is 123 Å². The lowest BCUT2D eigenvalue weighted by atomic mass is 10.0. The number of halogens is 1. The minimum atomic E-state index is 0.0394. The van der Waals surface area contributed by atoms with E-state index in [2.05, 4.69) is 15.9 Å². The van der Waals surface area contributed by atoms with E-state index in [1.807, 2.05) is 43.3 Å². The monoisotopic (exact) mass is 334 g/mol. The van der Waals surface area contributed by atoms with Crippen LogP contribution in [0.2, 0.25) is 0 Å². The van der Waals surface area contributed by atoms with E-state index in [-0.39, 0.29) is 5.78 Å². The molecule has 0 amide bonds. The van der Waals surface area contributed by atoms with Crippen LogP contribution in [0.1, 0.15) is 27.9 Å². The number of aryl methyl sites for hydroxylation is 1. The molecule has 0 atom stereocenters. The van der Waals surface area contributed by atoms with E-state index < -0.39 is 0 Å². The van der Waals surface area contributed by atoms with Gasteiger partial charge in [0.25, 0.3) is 0 Å². The van der Waals surface area contributed by atoms with Crippen molar-refractivity contribution in [1.29, 1.82) is 0 Å². The van der Waals surface area contributed by atoms with Crippen molar-refractivity contribution in [2.24, 2.45) is 0 Å². The van der Waals surface area contributed by atoms with Crippen molar-refractivity contribution in [3.63, 3.8) is 0 Å². The summed E-state index contributed by atoms with van der Waals surface area (Å²) in [6.45, 7) is 2.00. The number of benzene rings is 1. The molecular formula is C15H11BrO2S. The SMILES string of the molecule is CCc1oc2ccccc2c1C(=O)c1ccc(Br)s1. The molecule has 0 spiro atoms. The van der Waals surface area contributed by atoms with E-state index in [4.69, 9.17) is 4.42 Å². The molecule has 0 aliphatic heterocycles. The van der Waals surface area contributed by atoms with Crippen molar-refractivity contribution in [3.8, 4) is 0 Å². The van der Waals surface area contributed by atoms with Gasteiger partial charge >= 0.3 is 0 Å². The summed E-state index contributed by atoms with van der Waals surface area (Å²) in [6, 6.07) is 11.4. The van der Waals surface area contributed by atoms with Gasteiger partial charge in [0.1, 0.15) is 11.3 Å². The maximum Gasteiger partial charge on any atom is 0.207 e. The molecule has 1 aromatic carbocycles. The van der Waals surface area contributed by atoms with E-state index in [0.717, 1.165) is 25.4 Å². The van der Waals surface area contributed by atoms with Gasteiger partial charge in [0.2, 0.25) is 5.78 Å². The molecule has 3 rings (SSSR count). The Balaban J connectivity index is 2.21. The lowest BCUT2D eigenvalue weighted by molar-refractivity contribution is 0.104. The topological polar surface area (TPSA) is 30.2 Å². The molecule has 0 unspecified atom stereocenters. The maximum absolute atomic E-state index is 12.6. The molecule has 0 radical (unpaired) electrons. The number of furan rings is 1. The molecule has 96 valence electrons. The first-order valence-electron chi connectivity index (χ1n) is 6.01. The quantitative estimate of drug-likeness (QED) is 0.627. The number of hydrogen-bond donors (Lipinski definition) is 0. The Bertz CT molecular complexity index is 754. The van der Waals surface area contributed by atoms with Crippen LogP contribution in [0.25, 0.3) is 11.0 Å². The first kappa shape index (κ1) is 12.6. The fourth-order valence-electron chi connectivity index (χ4n) is 2.15. The van der Waals surface area contributed by atoms with E-state index in [0.29, 0.717) is 12.0 Å². The normalized spacial score (nSPS) is 11.1. The highest BCUT2D eigenvalue weighted by Crippen LogP contribution is 2.31. The highest BCUT2D eigenvalue weighted by atomic mass is 79.9. The Morgan fingerprint density at radius 2 is 2.05 bits per heavy atom. The highest BCUT2D eigenvalue weighted by Gasteiger charge is 2.21. The molecule has 4 heteroatoms. The summed E-state index contributed by atoms with van der Waals surface area (Å²) in [5, 5.41) is 0.897. The summed E-state index contributed by atoms with van der Waals surface area (Å²) < 4.78 is 6.73. The van der Waals surface area contributed by atoms with E-state index >= 15 is 0 Å². The Hall–Kier alpha value is -1.39. The summed E-state index contributed by atoms with van der Waals surface area (Å²) in [4.78, 5) is 13.4. The van der Waals surface area contributed by atoms with Crippen molar-refractivity contribution < 1.29 is 9.21 Å². The molecule has 19 heavy (non-hydrogen) atoms. The maximum atomic E-state index is 12.6. The van der Waals surface area contributed by atoms with Crippen LogP contribution in [0, 0.1) is 0 Å². The van der Waals surface area contributed by atoms with Gasteiger partial charge < -0.3 is 4.42 Å². The highest BCUT2D eigenvalue weighted by molar-refractivity contribution is 9.11. The fraction of sp³-hybridized carbons (Fsp3) is 0.133. The fourth-order valence-corrected chi connectivity index (χ4v) is 3.49. The van der Waals surface area contributed by atoms with E-state index in [1.165, 1.54) is 11.3 Å². The van der Waals surface area contributed by atoms with Crippen molar-refractivity contribution in [2.45, 2.75) is 13.3 Å². The van der Waals surface area contributed by atoms with Crippen LogP contribution in [-0.4, -0.2) is 5.78 Å². The van der Waals surface area contributed by atoms with Crippen LogP contribution in [0.3, 0.4) is 0 Å². The van der Waals surface area contributed by atoms with Gasteiger partial charge in [-0.15, -0.1) is 11.3 Å². The lowest BCUT2D eigenvalue weighted by Gasteiger charge is -1.98.